The minimum absolute atomic E-state index is 0.761. The highest BCUT2D eigenvalue weighted by atomic mass is 32.1. The van der Waals surface area contributed by atoms with Gasteiger partial charge in [-0.2, -0.15) is 0 Å². The molecule has 0 spiro atoms. The second-order valence-electron chi connectivity index (χ2n) is 6.45. The summed E-state index contributed by atoms with van der Waals surface area (Å²) in [6.07, 6.45) is 1.17. The van der Waals surface area contributed by atoms with Crippen molar-refractivity contribution >= 4 is 22.7 Å². The highest BCUT2D eigenvalue weighted by Gasteiger charge is 2.20. The van der Waals surface area contributed by atoms with Crippen LogP contribution in [0, 0.1) is 6.92 Å². The Bertz CT molecular complexity index is 772. The molecule has 1 fully saturated rings. The van der Waals surface area contributed by atoms with Crippen LogP contribution < -0.4 is 0 Å². The molecule has 4 rings (SSSR count). The molecule has 1 aliphatic heterocycles. The second-order valence-corrected chi connectivity index (χ2v) is 8.43. The molecule has 0 aliphatic carbocycles. The van der Waals surface area contributed by atoms with Gasteiger partial charge in [0.25, 0.3) is 0 Å². The maximum absolute atomic E-state index is 5.86. The first-order valence-electron chi connectivity index (χ1n) is 8.75. The van der Waals surface area contributed by atoms with Crippen molar-refractivity contribution in [3.05, 3.63) is 51.4 Å². The Morgan fingerprint density at radius 1 is 1.04 bits per heavy atom. The van der Waals surface area contributed by atoms with Gasteiger partial charge in [-0.15, -0.1) is 22.7 Å². The van der Waals surface area contributed by atoms with Crippen LogP contribution >= 0.6 is 22.7 Å². The zero-order chi connectivity index (χ0) is 17.1. The Balaban J connectivity index is 1.28. The SMILES string of the molecule is Cc1oc(-c2cccs2)nc1CN1CCN(CCc2cccs2)CC1. The van der Waals surface area contributed by atoms with Crippen LogP contribution in [-0.4, -0.2) is 47.5 Å². The van der Waals surface area contributed by atoms with E-state index in [1.807, 2.05) is 24.3 Å². The highest BCUT2D eigenvalue weighted by molar-refractivity contribution is 7.13. The molecule has 0 bridgehead atoms. The van der Waals surface area contributed by atoms with E-state index in [1.54, 1.807) is 11.3 Å². The van der Waals surface area contributed by atoms with Crippen LogP contribution in [0.25, 0.3) is 10.8 Å². The molecule has 0 saturated carbocycles. The first-order chi connectivity index (χ1) is 12.3. The predicted molar refractivity (Wildman–Crippen MR) is 104 cm³/mol. The van der Waals surface area contributed by atoms with Gasteiger partial charge in [-0.25, -0.2) is 4.98 Å². The van der Waals surface area contributed by atoms with Gasteiger partial charge >= 0.3 is 0 Å². The molecular formula is C19H23N3OS2. The van der Waals surface area contributed by atoms with Gasteiger partial charge in [-0.1, -0.05) is 12.1 Å². The third-order valence-corrected chi connectivity index (χ3v) is 6.51. The van der Waals surface area contributed by atoms with Crippen molar-refractivity contribution in [3.8, 4) is 10.8 Å². The van der Waals surface area contributed by atoms with Crippen molar-refractivity contribution in [2.75, 3.05) is 32.7 Å². The van der Waals surface area contributed by atoms with Gasteiger partial charge in [0.1, 0.15) is 5.76 Å². The lowest BCUT2D eigenvalue weighted by Gasteiger charge is -2.34. The van der Waals surface area contributed by atoms with Crippen molar-refractivity contribution < 1.29 is 4.42 Å². The summed E-state index contributed by atoms with van der Waals surface area (Å²) in [5, 5.41) is 4.22. The summed E-state index contributed by atoms with van der Waals surface area (Å²) in [4.78, 5) is 12.4. The molecule has 0 N–H and O–H groups in total. The summed E-state index contributed by atoms with van der Waals surface area (Å²) >= 11 is 3.53. The van der Waals surface area contributed by atoms with Crippen LogP contribution in [0.1, 0.15) is 16.3 Å². The average molecular weight is 374 g/mol. The molecule has 3 aromatic heterocycles. The fourth-order valence-corrected chi connectivity index (χ4v) is 4.53. The lowest BCUT2D eigenvalue weighted by molar-refractivity contribution is 0.127. The lowest BCUT2D eigenvalue weighted by atomic mass is 10.2. The van der Waals surface area contributed by atoms with Crippen molar-refractivity contribution in [2.45, 2.75) is 19.9 Å². The van der Waals surface area contributed by atoms with Gasteiger partial charge in [-0.05, 0) is 36.2 Å². The lowest BCUT2D eigenvalue weighted by Crippen LogP contribution is -2.46. The van der Waals surface area contributed by atoms with Gasteiger partial charge in [0.15, 0.2) is 0 Å². The van der Waals surface area contributed by atoms with E-state index < -0.39 is 0 Å². The molecule has 0 aromatic carbocycles. The molecular weight excluding hydrogens is 350 g/mol. The zero-order valence-corrected chi connectivity index (χ0v) is 16.1. The van der Waals surface area contributed by atoms with E-state index in [1.165, 1.54) is 17.8 Å². The Morgan fingerprint density at radius 2 is 1.80 bits per heavy atom. The minimum atomic E-state index is 0.761. The van der Waals surface area contributed by atoms with Crippen molar-refractivity contribution in [3.63, 3.8) is 0 Å². The third kappa shape index (κ3) is 4.20. The van der Waals surface area contributed by atoms with E-state index in [2.05, 4.69) is 38.8 Å². The molecule has 1 aliphatic rings. The maximum Gasteiger partial charge on any atom is 0.236 e. The standard InChI is InChI=1S/C19H23N3OS2/c1-15-17(20-19(23-15)18-5-3-13-25-18)14-22-10-8-21(9-11-22)7-6-16-4-2-12-24-16/h2-5,12-13H,6-11,14H2,1H3. The molecule has 6 heteroatoms. The third-order valence-electron chi connectivity index (χ3n) is 4.72. The number of piperazine rings is 1. The van der Waals surface area contributed by atoms with Gasteiger partial charge in [0.05, 0.1) is 10.6 Å². The highest BCUT2D eigenvalue weighted by Crippen LogP contribution is 2.26. The Kier molecular flexibility index (Phi) is 5.31. The number of hydrogen-bond donors (Lipinski definition) is 0. The molecule has 4 nitrogen and oxygen atoms in total. The monoisotopic (exact) mass is 373 g/mol. The zero-order valence-electron chi connectivity index (χ0n) is 14.5. The van der Waals surface area contributed by atoms with E-state index in [-0.39, 0.29) is 0 Å². The van der Waals surface area contributed by atoms with E-state index >= 15 is 0 Å². The van der Waals surface area contributed by atoms with E-state index in [0.717, 1.165) is 54.9 Å². The first kappa shape index (κ1) is 17.0. The van der Waals surface area contributed by atoms with Crippen LogP contribution in [0.15, 0.2) is 39.4 Å². The Hall–Kier alpha value is -1.47. The Labute approximate surface area is 156 Å². The van der Waals surface area contributed by atoms with E-state index in [9.17, 15) is 0 Å². The van der Waals surface area contributed by atoms with Gasteiger partial charge < -0.3 is 9.32 Å². The number of hydrogen-bond acceptors (Lipinski definition) is 6. The molecule has 0 unspecified atom stereocenters. The number of rotatable bonds is 6. The van der Waals surface area contributed by atoms with Crippen LogP contribution in [0.2, 0.25) is 0 Å². The quantitative estimate of drug-likeness (QED) is 0.650. The van der Waals surface area contributed by atoms with Gasteiger partial charge in [-0.3, -0.25) is 4.90 Å². The van der Waals surface area contributed by atoms with Crippen LogP contribution in [0.5, 0.6) is 0 Å². The summed E-state index contributed by atoms with van der Waals surface area (Å²) in [5.74, 6) is 1.71. The molecule has 0 amide bonds. The smallest absolute Gasteiger partial charge is 0.236 e. The summed E-state index contributed by atoms with van der Waals surface area (Å²) in [7, 11) is 0. The van der Waals surface area contributed by atoms with Crippen LogP contribution in [0.3, 0.4) is 0 Å². The average Bonchev–Trinajstić information content (AvgIpc) is 3.37. The van der Waals surface area contributed by atoms with Gasteiger partial charge in [0, 0.05) is 44.1 Å². The fourth-order valence-electron chi connectivity index (χ4n) is 3.19. The molecule has 25 heavy (non-hydrogen) atoms. The summed E-state index contributed by atoms with van der Waals surface area (Å²) in [6, 6.07) is 8.47. The maximum atomic E-state index is 5.86. The molecule has 0 atom stereocenters. The summed E-state index contributed by atoms with van der Waals surface area (Å²) in [6.45, 7) is 8.56. The van der Waals surface area contributed by atoms with Crippen LogP contribution in [0.4, 0.5) is 0 Å². The van der Waals surface area contributed by atoms with Crippen molar-refractivity contribution in [2.24, 2.45) is 0 Å². The van der Waals surface area contributed by atoms with Crippen molar-refractivity contribution in [1.29, 1.82) is 0 Å². The van der Waals surface area contributed by atoms with E-state index in [4.69, 9.17) is 9.40 Å². The fraction of sp³-hybridized carbons (Fsp3) is 0.421. The number of nitrogens with zero attached hydrogens (tertiary/aromatic N) is 3. The molecule has 0 radical (unpaired) electrons. The summed E-state index contributed by atoms with van der Waals surface area (Å²) in [5.41, 5.74) is 1.08. The van der Waals surface area contributed by atoms with Crippen molar-refractivity contribution in [1.82, 2.24) is 14.8 Å². The normalized spacial score (nSPS) is 16.5. The second kappa shape index (κ2) is 7.83. The topological polar surface area (TPSA) is 32.5 Å². The summed E-state index contributed by atoms with van der Waals surface area (Å²) < 4.78 is 5.86. The van der Waals surface area contributed by atoms with Gasteiger partial charge in [0.2, 0.25) is 5.89 Å². The number of oxazole rings is 1. The minimum Gasteiger partial charge on any atom is -0.440 e. The molecule has 4 heterocycles. The largest absolute Gasteiger partial charge is 0.440 e. The number of thiophene rings is 2. The molecule has 3 aromatic rings. The molecule has 1 saturated heterocycles. The van der Waals surface area contributed by atoms with E-state index in [0.29, 0.717) is 0 Å². The number of aryl methyl sites for hydroxylation is 1. The number of aromatic nitrogens is 1. The first-order valence-corrected chi connectivity index (χ1v) is 10.5. The Morgan fingerprint density at radius 3 is 2.52 bits per heavy atom. The predicted octanol–water partition coefficient (Wildman–Crippen LogP) is 4.13. The molecule has 132 valence electrons. The van der Waals surface area contributed by atoms with Crippen LogP contribution in [-0.2, 0) is 13.0 Å².